The van der Waals surface area contributed by atoms with Gasteiger partial charge in [-0.2, -0.15) is 0 Å². The van der Waals surface area contributed by atoms with Gasteiger partial charge >= 0.3 is 5.97 Å². The molecular weight excluding hydrogens is 244 g/mol. The minimum atomic E-state index is -0.431. The third-order valence-corrected chi connectivity index (χ3v) is 2.88. The van der Waals surface area contributed by atoms with Crippen molar-refractivity contribution in [1.82, 2.24) is 0 Å². The number of phenolic OH excluding ortho intramolecular Hbond substituents is 2. The van der Waals surface area contributed by atoms with E-state index in [4.69, 9.17) is 4.74 Å². The summed E-state index contributed by atoms with van der Waals surface area (Å²) >= 11 is 0. The number of carbonyl (C=O) groups is 1. The molecule has 0 spiro atoms. The highest BCUT2D eigenvalue weighted by molar-refractivity contribution is 6.05. The summed E-state index contributed by atoms with van der Waals surface area (Å²) in [4.78, 5) is 11.6. The molecule has 1 aliphatic rings. The van der Waals surface area contributed by atoms with Crippen LogP contribution < -0.4 is 0 Å². The van der Waals surface area contributed by atoms with E-state index in [9.17, 15) is 15.0 Å². The summed E-state index contributed by atoms with van der Waals surface area (Å²) in [6, 6.07) is 11.0. The van der Waals surface area contributed by atoms with Gasteiger partial charge in [-0.05, 0) is 42.0 Å². The first kappa shape index (κ1) is 11.3. The van der Waals surface area contributed by atoms with Gasteiger partial charge in [0.1, 0.15) is 17.3 Å². The van der Waals surface area contributed by atoms with Crippen LogP contribution in [-0.4, -0.2) is 16.2 Å². The van der Waals surface area contributed by atoms with Crippen LogP contribution in [0.5, 0.6) is 11.5 Å². The van der Waals surface area contributed by atoms with Crippen LogP contribution in [0.3, 0.4) is 0 Å². The summed E-state index contributed by atoms with van der Waals surface area (Å²) in [5.74, 6) is 0.207. The van der Waals surface area contributed by atoms with E-state index in [0.29, 0.717) is 16.9 Å². The first-order valence-corrected chi connectivity index (χ1v) is 5.70. The lowest BCUT2D eigenvalue weighted by molar-refractivity contribution is 0.0717. The van der Waals surface area contributed by atoms with Crippen molar-refractivity contribution < 1.29 is 19.7 Å². The SMILES string of the molecule is O=C1O/C(=C\c2ccc(O)cc2)c2cc(O)ccc21. The van der Waals surface area contributed by atoms with Crippen molar-refractivity contribution in [1.29, 1.82) is 0 Å². The molecule has 1 aliphatic heterocycles. The maximum atomic E-state index is 11.6. The molecule has 2 aromatic carbocycles. The average Bonchev–Trinajstić information content (AvgIpc) is 2.69. The van der Waals surface area contributed by atoms with Crippen LogP contribution in [0, 0.1) is 0 Å². The number of carbonyl (C=O) groups excluding carboxylic acids is 1. The Bertz CT molecular complexity index is 684. The molecule has 4 heteroatoms. The van der Waals surface area contributed by atoms with Crippen LogP contribution in [0.4, 0.5) is 0 Å². The molecule has 0 amide bonds. The molecule has 0 saturated heterocycles. The maximum absolute atomic E-state index is 11.6. The molecule has 0 fully saturated rings. The van der Waals surface area contributed by atoms with Crippen LogP contribution >= 0.6 is 0 Å². The van der Waals surface area contributed by atoms with Gasteiger partial charge in [-0.3, -0.25) is 0 Å². The normalized spacial score (nSPS) is 15.4. The van der Waals surface area contributed by atoms with Crippen LogP contribution in [0.15, 0.2) is 42.5 Å². The first-order chi connectivity index (χ1) is 9.13. The van der Waals surface area contributed by atoms with E-state index in [0.717, 1.165) is 5.56 Å². The van der Waals surface area contributed by atoms with E-state index >= 15 is 0 Å². The van der Waals surface area contributed by atoms with E-state index < -0.39 is 5.97 Å². The van der Waals surface area contributed by atoms with E-state index in [-0.39, 0.29) is 11.5 Å². The van der Waals surface area contributed by atoms with E-state index in [1.54, 1.807) is 30.3 Å². The topological polar surface area (TPSA) is 66.8 Å². The molecule has 19 heavy (non-hydrogen) atoms. The fourth-order valence-electron chi connectivity index (χ4n) is 1.95. The number of fused-ring (bicyclic) bond motifs is 1. The monoisotopic (exact) mass is 254 g/mol. The number of hydrogen-bond donors (Lipinski definition) is 2. The Labute approximate surface area is 109 Å². The fourth-order valence-corrected chi connectivity index (χ4v) is 1.95. The zero-order chi connectivity index (χ0) is 13.4. The molecule has 0 bridgehead atoms. The first-order valence-electron chi connectivity index (χ1n) is 5.70. The lowest BCUT2D eigenvalue weighted by Gasteiger charge is -2.00. The largest absolute Gasteiger partial charge is 0.508 e. The predicted molar refractivity (Wildman–Crippen MR) is 69.5 cm³/mol. The van der Waals surface area contributed by atoms with Crippen molar-refractivity contribution in [2.24, 2.45) is 0 Å². The second-order valence-electron chi connectivity index (χ2n) is 4.22. The van der Waals surface area contributed by atoms with Gasteiger partial charge in [-0.25, -0.2) is 4.79 Å². The van der Waals surface area contributed by atoms with Crippen molar-refractivity contribution in [3.8, 4) is 11.5 Å². The Morgan fingerprint density at radius 2 is 1.58 bits per heavy atom. The van der Waals surface area contributed by atoms with E-state index in [1.807, 2.05) is 0 Å². The zero-order valence-corrected chi connectivity index (χ0v) is 9.83. The molecule has 1 heterocycles. The molecule has 2 N–H and O–H groups in total. The van der Waals surface area contributed by atoms with Gasteiger partial charge in [0.2, 0.25) is 0 Å². The average molecular weight is 254 g/mol. The highest BCUT2D eigenvalue weighted by Crippen LogP contribution is 2.33. The molecule has 3 rings (SSSR count). The number of ether oxygens (including phenoxy) is 1. The summed E-state index contributed by atoms with van der Waals surface area (Å²) < 4.78 is 5.17. The predicted octanol–water partition coefficient (Wildman–Crippen LogP) is 2.77. The number of aromatic hydroxyl groups is 2. The van der Waals surface area contributed by atoms with Gasteiger partial charge < -0.3 is 14.9 Å². The number of phenols is 2. The summed E-state index contributed by atoms with van der Waals surface area (Å²) in [5, 5.41) is 18.7. The van der Waals surface area contributed by atoms with Crippen LogP contribution in [-0.2, 0) is 4.74 Å². The number of hydrogen-bond acceptors (Lipinski definition) is 4. The second kappa shape index (κ2) is 4.17. The molecule has 0 saturated carbocycles. The number of benzene rings is 2. The molecule has 2 aromatic rings. The number of cyclic esters (lactones) is 1. The van der Waals surface area contributed by atoms with Crippen LogP contribution in [0.2, 0.25) is 0 Å². The minimum Gasteiger partial charge on any atom is -0.508 e. The van der Waals surface area contributed by atoms with Crippen molar-refractivity contribution in [2.75, 3.05) is 0 Å². The molecule has 4 nitrogen and oxygen atoms in total. The van der Waals surface area contributed by atoms with Crippen molar-refractivity contribution in [2.45, 2.75) is 0 Å². The Kier molecular flexibility index (Phi) is 2.49. The maximum Gasteiger partial charge on any atom is 0.344 e. The van der Waals surface area contributed by atoms with E-state index in [2.05, 4.69) is 0 Å². The molecular formula is C15H10O4. The van der Waals surface area contributed by atoms with Gasteiger partial charge in [-0.1, -0.05) is 12.1 Å². The second-order valence-corrected chi connectivity index (χ2v) is 4.22. The lowest BCUT2D eigenvalue weighted by Crippen LogP contribution is -1.92. The summed E-state index contributed by atoms with van der Waals surface area (Å²) in [6.45, 7) is 0. The van der Waals surface area contributed by atoms with Crippen LogP contribution in [0.25, 0.3) is 11.8 Å². The highest BCUT2D eigenvalue weighted by Gasteiger charge is 2.26. The third kappa shape index (κ3) is 2.04. The Morgan fingerprint density at radius 3 is 2.32 bits per heavy atom. The Balaban J connectivity index is 2.06. The molecule has 0 radical (unpaired) electrons. The zero-order valence-electron chi connectivity index (χ0n) is 9.83. The smallest absolute Gasteiger partial charge is 0.344 e. The van der Waals surface area contributed by atoms with Crippen LogP contribution in [0.1, 0.15) is 21.5 Å². The van der Waals surface area contributed by atoms with E-state index in [1.165, 1.54) is 18.2 Å². The molecule has 94 valence electrons. The summed E-state index contributed by atoms with van der Waals surface area (Å²) in [6.07, 6.45) is 1.68. The van der Waals surface area contributed by atoms with Gasteiger partial charge in [-0.15, -0.1) is 0 Å². The minimum absolute atomic E-state index is 0.0775. The third-order valence-electron chi connectivity index (χ3n) is 2.88. The van der Waals surface area contributed by atoms with Crippen molar-refractivity contribution in [3.63, 3.8) is 0 Å². The van der Waals surface area contributed by atoms with Crippen molar-refractivity contribution >= 4 is 17.8 Å². The number of esters is 1. The van der Waals surface area contributed by atoms with Crippen molar-refractivity contribution in [3.05, 3.63) is 59.2 Å². The number of rotatable bonds is 1. The molecule has 0 atom stereocenters. The summed E-state index contributed by atoms with van der Waals surface area (Å²) in [7, 11) is 0. The molecule has 0 aromatic heterocycles. The molecule has 0 aliphatic carbocycles. The van der Waals surface area contributed by atoms with Gasteiger partial charge in [0.25, 0.3) is 0 Å². The molecule has 0 unspecified atom stereocenters. The fraction of sp³-hybridized carbons (Fsp3) is 0. The quantitative estimate of drug-likeness (QED) is 0.768. The highest BCUT2D eigenvalue weighted by atomic mass is 16.5. The van der Waals surface area contributed by atoms with Gasteiger partial charge in [0.05, 0.1) is 5.56 Å². The Hall–Kier alpha value is -2.75. The summed E-state index contributed by atoms with van der Waals surface area (Å²) in [5.41, 5.74) is 1.79. The standard InChI is InChI=1S/C15H10O4/c16-10-3-1-9(2-4-10)7-14-13-8-11(17)5-6-12(13)15(18)19-14/h1-8,16-17H/b14-7-. The lowest BCUT2D eigenvalue weighted by atomic mass is 10.1. The van der Waals surface area contributed by atoms with Gasteiger partial charge in [0.15, 0.2) is 0 Å². The van der Waals surface area contributed by atoms with Gasteiger partial charge in [0, 0.05) is 5.56 Å². The Morgan fingerprint density at radius 1 is 0.895 bits per heavy atom.